The van der Waals surface area contributed by atoms with E-state index in [0.717, 1.165) is 6.54 Å². The first-order valence-corrected chi connectivity index (χ1v) is 4.86. The predicted octanol–water partition coefficient (Wildman–Crippen LogP) is 1.75. The van der Waals surface area contributed by atoms with Crippen molar-refractivity contribution in [2.45, 2.75) is 39.5 Å². The van der Waals surface area contributed by atoms with Gasteiger partial charge in [0.15, 0.2) is 0 Å². The van der Waals surface area contributed by atoms with Crippen LogP contribution in [0.15, 0.2) is 11.9 Å². The van der Waals surface area contributed by atoms with Gasteiger partial charge in [-0.05, 0) is 19.3 Å². The minimum absolute atomic E-state index is 1.09. The molecule has 1 aliphatic heterocycles. The summed E-state index contributed by atoms with van der Waals surface area (Å²) in [6.45, 7) is 5.50. The van der Waals surface area contributed by atoms with Gasteiger partial charge in [0.05, 0.1) is 0 Å². The molecule has 0 saturated carbocycles. The van der Waals surface area contributed by atoms with E-state index >= 15 is 0 Å². The molecule has 0 unspecified atom stereocenters. The lowest BCUT2D eigenvalue weighted by Crippen LogP contribution is -2.37. The third-order valence-corrected chi connectivity index (χ3v) is 2.02. The van der Waals surface area contributed by atoms with E-state index in [4.69, 9.17) is 0 Å². The van der Waals surface area contributed by atoms with Gasteiger partial charge in [0, 0.05) is 18.4 Å². The fourth-order valence-electron chi connectivity index (χ4n) is 1.33. The molecule has 0 aromatic carbocycles. The summed E-state index contributed by atoms with van der Waals surface area (Å²) in [5, 5.41) is 2.19. The number of unbranched alkanes of at least 4 members (excludes halogenated alkanes) is 1. The van der Waals surface area contributed by atoms with Crippen molar-refractivity contribution < 1.29 is 0 Å². The molecule has 0 aromatic heterocycles. The molecule has 3 nitrogen and oxygen atoms in total. The maximum absolute atomic E-state index is 3.11. The van der Waals surface area contributed by atoms with Crippen molar-refractivity contribution >= 4 is 0 Å². The molecule has 1 rings (SSSR count). The van der Waals surface area contributed by atoms with Crippen LogP contribution in [0.4, 0.5) is 0 Å². The van der Waals surface area contributed by atoms with Crippen LogP contribution in [0.1, 0.15) is 39.5 Å². The molecule has 0 aliphatic carbocycles. The number of hydrogen-bond acceptors (Lipinski definition) is 3. The molecule has 12 heavy (non-hydrogen) atoms. The van der Waals surface area contributed by atoms with Crippen molar-refractivity contribution in [2.24, 2.45) is 0 Å². The lowest BCUT2D eigenvalue weighted by molar-refractivity contribution is 0.243. The molecule has 0 aromatic rings. The van der Waals surface area contributed by atoms with Crippen molar-refractivity contribution in [1.82, 2.24) is 16.0 Å². The maximum Gasteiger partial charge on any atom is 0.0483 e. The number of nitrogens with one attached hydrogen (secondary N) is 2. The van der Waals surface area contributed by atoms with Crippen LogP contribution in [-0.4, -0.2) is 11.6 Å². The van der Waals surface area contributed by atoms with Crippen LogP contribution in [0.2, 0.25) is 0 Å². The first-order valence-electron chi connectivity index (χ1n) is 4.86. The van der Waals surface area contributed by atoms with Crippen molar-refractivity contribution in [3.8, 4) is 0 Å². The predicted molar refractivity (Wildman–Crippen MR) is 50.9 cm³/mol. The summed E-state index contributed by atoms with van der Waals surface area (Å²) in [5.41, 5.74) is 7.52. The highest BCUT2D eigenvalue weighted by Crippen LogP contribution is 2.12. The Hall–Kier alpha value is -0.700. The Morgan fingerprint density at radius 3 is 2.83 bits per heavy atom. The minimum atomic E-state index is 1.09. The van der Waals surface area contributed by atoms with E-state index in [-0.39, 0.29) is 0 Å². The van der Waals surface area contributed by atoms with Gasteiger partial charge in [0.2, 0.25) is 0 Å². The number of hydrogen-bond donors (Lipinski definition) is 2. The van der Waals surface area contributed by atoms with E-state index in [9.17, 15) is 0 Å². The number of nitrogens with zero attached hydrogens (tertiary/aromatic N) is 1. The van der Waals surface area contributed by atoms with Crippen LogP contribution in [0.3, 0.4) is 0 Å². The molecule has 0 radical (unpaired) electrons. The molecular weight excluding hydrogens is 150 g/mol. The zero-order valence-corrected chi connectivity index (χ0v) is 8.06. The van der Waals surface area contributed by atoms with Crippen molar-refractivity contribution in [3.63, 3.8) is 0 Å². The van der Waals surface area contributed by atoms with Gasteiger partial charge >= 0.3 is 0 Å². The fourth-order valence-corrected chi connectivity index (χ4v) is 1.33. The zero-order chi connectivity index (χ0) is 8.81. The molecule has 0 saturated heterocycles. The monoisotopic (exact) mass is 169 g/mol. The normalized spacial score (nSPS) is 16.2. The van der Waals surface area contributed by atoms with Gasteiger partial charge in [0.25, 0.3) is 0 Å². The second-order valence-electron chi connectivity index (χ2n) is 3.15. The highest BCUT2D eigenvalue weighted by Gasteiger charge is 2.11. The summed E-state index contributed by atoms with van der Waals surface area (Å²) in [6, 6.07) is 0. The molecule has 0 spiro atoms. The van der Waals surface area contributed by atoms with Crippen LogP contribution in [0, 0.1) is 0 Å². The van der Waals surface area contributed by atoms with Crippen LogP contribution >= 0.6 is 0 Å². The quantitative estimate of drug-likeness (QED) is 0.656. The topological polar surface area (TPSA) is 27.3 Å². The fraction of sp³-hybridized carbons (Fsp3) is 0.778. The first kappa shape index (κ1) is 9.39. The maximum atomic E-state index is 3.11. The summed E-state index contributed by atoms with van der Waals surface area (Å²) in [5.74, 6) is 0. The van der Waals surface area contributed by atoms with Gasteiger partial charge in [0.1, 0.15) is 0 Å². The Morgan fingerprint density at radius 1 is 1.33 bits per heavy atom. The minimum Gasteiger partial charge on any atom is -0.309 e. The first-order chi connectivity index (χ1) is 5.88. The highest BCUT2D eigenvalue weighted by molar-refractivity contribution is 5.01. The number of hydrazine groups is 2. The Kier molecular flexibility index (Phi) is 3.94. The second-order valence-corrected chi connectivity index (χ2v) is 3.15. The van der Waals surface area contributed by atoms with Crippen molar-refractivity contribution in [3.05, 3.63) is 11.9 Å². The molecular formula is C9H19N3. The highest BCUT2D eigenvalue weighted by atomic mass is 15.7. The summed E-state index contributed by atoms with van der Waals surface area (Å²) >= 11 is 0. The Balaban J connectivity index is 2.29. The molecule has 0 atom stereocenters. The van der Waals surface area contributed by atoms with Gasteiger partial charge in [-0.1, -0.05) is 20.3 Å². The average Bonchev–Trinajstić information content (AvgIpc) is 2.50. The summed E-state index contributed by atoms with van der Waals surface area (Å²) in [7, 11) is 0. The molecule has 3 heteroatoms. The van der Waals surface area contributed by atoms with E-state index in [1.165, 1.54) is 31.4 Å². The smallest absolute Gasteiger partial charge is 0.0483 e. The van der Waals surface area contributed by atoms with E-state index < -0.39 is 0 Å². The van der Waals surface area contributed by atoms with Crippen LogP contribution in [0.5, 0.6) is 0 Å². The third kappa shape index (κ3) is 2.41. The van der Waals surface area contributed by atoms with E-state index in [1.807, 2.05) is 0 Å². The van der Waals surface area contributed by atoms with E-state index in [2.05, 4.69) is 36.0 Å². The van der Waals surface area contributed by atoms with Crippen molar-refractivity contribution in [1.29, 1.82) is 0 Å². The Labute approximate surface area is 74.8 Å². The van der Waals surface area contributed by atoms with Crippen LogP contribution in [-0.2, 0) is 0 Å². The Morgan fingerprint density at radius 2 is 2.17 bits per heavy atom. The standard InChI is InChI=1S/C9H19N3/c1-3-5-6-9-8-10-11-12(9)7-4-2/h8,10-11H,3-7H2,1-2H3. The summed E-state index contributed by atoms with van der Waals surface area (Å²) in [4.78, 5) is 0. The van der Waals surface area contributed by atoms with E-state index in [1.54, 1.807) is 0 Å². The molecule has 1 aliphatic rings. The largest absolute Gasteiger partial charge is 0.309 e. The molecule has 2 N–H and O–H groups in total. The van der Waals surface area contributed by atoms with Gasteiger partial charge in [-0.2, -0.15) is 0 Å². The van der Waals surface area contributed by atoms with Gasteiger partial charge in [-0.25, -0.2) is 0 Å². The van der Waals surface area contributed by atoms with Gasteiger partial charge in [-0.3, -0.25) is 5.01 Å². The lowest BCUT2D eigenvalue weighted by Gasteiger charge is -2.20. The van der Waals surface area contributed by atoms with Crippen LogP contribution in [0.25, 0.3) is 0 Å². The van der Waals surface area contributed by atoms with Crippen molar-refractivity contribution in [2.75, 3.05) is 6.54 Å². The summed E-state index contributed by atoms with van der Waals surface area (Å²) in [6.07, 6.45) is 6.95. The molecule has 70 valence electrons. The van der Waals surface area contributed by atoms with Crippen LogP contribution < -0.4 is 11.0 Å². The summed E-state index contributed by atoms with van der Waals surface area (Å²) < 4.78 is 0. The number of rotatable bonds is 5. The molecule has 0 amide bonds. The lowest BCUT2D eigenvalue weighted by atomic mass is 10.2. The Bertz CT molecular complexity index is 154. The van der Waals surface area contributed by atoms with E-state index in [0.29, 0.717) is 0 Å². The second kappa shape index (κ2) is 5.04. The average molecular weight is 169 g/mol. The molecule has 0 bridgehead atoms. The zero-order valence-electron chi connectivity index (χ0n) is 8.06. The molecule has 1 heterocycles. The molecule has 0 fully saturated rings. The van der Waals surface area contributed by atoms with Gasteiger partial charge in [-0.15, -0.1) is 5.53 Å². The third-order valence-electron chi connectivity index (χ3n) is 2.02. The SMILES string of the molecule is CCCCC1=CNNN1CCC. The number of allylic oxidation sites excluding steroid dienone is 1. The van der Waals surface area contributed by atoms with Gasteiger partial charge < -0.3 is 5.43 Å².